The second-order valence-electron chi connectivity index (χ2n) is 3.93. The maximum absolute atomic E-state index is 9.40. The molecular weight excluding hydrogens is 190 g/mol. The Kier molecular flexibility index (Phi) is 4.56. The lowest BCUT2D eigenvalue weighted by atomic mass is 10.1. The summed E-state index contributed by atoms with van der Waals surface area (Å²) in [4.78, 5) is 4.17. The largest absolute Gasteiger partial charge is 0.475 e. The minimum absolute atomic E-state index is 0.313. The Morgan fingerprint density at radius 1 is 1.47 bits per heavy atom. The molecule has 0 aliphatic heterocycles. The predicted molar refractivity (Wildman–Crippen MR) is 60.1 cm³/mol. The van der Waals surface area contributed by atoms with Crippen LogP contribution >= 0.6 is 0 Å². The van der Waals surface area contributed by atoms with Gasteiger partial charge in [-0.1, -0.05) is 26.8 Å². The van der Waals surface area contributed by atoms with Crippen molar-refractivity contribution in [2.24, 2.45) is 0 Å². The van der Waals surface area contributed by atoms with Gasteiger partial charge in [-0.15, -0.1) is 0 Å². The lowest BCUT2D eigenvalue weighted by Crippen LogP contribution is -2.17. The summed E-state index contributed by atoms with van der Waals surface area (Å²) >= 11 is 0. The van der Waals surface area contributed by atoms with Crippen LogP contribution in [0, 0.1) is 0 Å². The Bertz CT molecular complexity index is 299. The molecule has 0 amide bonds. The summed E-state index contributed by atoms with van der Waals surface area (Å²) in [6.07, 6.45) is 2.00. The van der Waals surface area contributed by atoms with E-state index >= 15 is 0 Å². The van der Waals surface area contributed by atoms with Crippen molar-refractivity contribution in [3.8, 4) is 5.88 Å². The van der Waals surface area contributed by atoms with Crippen molar-refractivity contribution in [1.82, 2.24) is 4.98 Å². The highest BCUT2D eigenvalue weighted by Crippen LogP contribution is 2.23. The highest BCUT2D eigenvalue weighted by molar-refractivity contribution is 5.28. The first-order valence-corrected chi connectivity index (χ1v) is 5.41. The number of nitrogens with zero attached hydrogens (tertiary/aromatic N) is 1. The number of ether oxygens (including phenoxy) is 1. The van der Waals surface area contributed by atoms with Gasteiger partial charge in [0.25, 0.3) is 0 Å². The minimum atomic E-state index is -0.410. The van der Waals surface area contributed by atoms with Gasteiger partial charge < -0.3 is 9.84 Å². The smallest absolute Gasteiger partial charge is 0.216 e. The van der Waals surface area contributed by atoms with Crippen molar-refractivity contribution >= 4 is 0 Å². The van der Waals surface area contributed by atoms with Crippen molar-refractivity contribution in [3.05, 3.63) is 23.9 Å². The van der Waals surface area contributed by atoms with Crippen LogP contribution in [0.2, 0.25) is 0 Å². The second-order valence-corrected chi connectivity index (χ2v) is 3.93. The van der Waals surface area contributed by atoms with E-state index in [1.165, 1.54) is 0 Å². The van der Waals surface area contributed by atoms with Gasteiger partial charge in [0.15, 0.2) is 0 Å². The first kappa shape index (κ1) is 12.0. The lowest BCUT2D eigenvalue weighted by Gasteiger charge is -2.14. The molecule has 1 N–H and O–H groups in total. The van der Waals surface area contributed by atoms with Gasteiger partial charge in [0.1, 0.15) is 6.61 Å². The van der Waals surface area contributed by atoms with E-state index in [4.69, 9.17) is 4.74 Å². The molecule has 0 aromatic carbocycles. The summed E-state index contributed by atoms with van der Waals surface area (Å²) in [5.41, 5.74) is 1.08. The Labute approximate surface area is 91.1 Å². The monoisotopic (exact) mass is 209 g/mol. The van der Waals surface area contributed by atoms with Crippen molar-refractivity contribution in [2.45, 2.75) is 39.2 Å². The average Bonchev–Trinajstić information content (AvgIpc) is 2.26. The maximum Gasteiger partial charge on any atom is 0.216 e. The van der Waals surface area contributed by atoms with Crippen LogP contribution in [0.4, 0.5) is 0 Å². The predicted octanol–water partition coefficient (Wildman–Crippen LogP) is 2.35. The molecule has 1 aromatic rings. The number of hydrogen-bond acceptors (Lipinski definition) is 3. The fourth-order valence-corrected chi connectivity index (χ4v) is 1.26. The van der Waals surface area contributed by atoms with E-state index in [1.54, 1.807) is 6.20 Å². The molecule has 0 aliphatic rings. The molecule has 1 heterocycles. The van der Waals surface area contributed by atoms with Crippen molar-refractivity contribution in [1.29, 1.82) is 0 Å². The fourth-order valence-electron chi connectivity index (χ4n) is 1.26. The molecule has 0 saturated carbocycles. The van der Waals surface area contributed by atoms with Gasteiger partial charge in [-0.25, -0.2) is 4.98 Å². The zero-order valence-corrected chi connectivity index (χ0v) is 9.60. The standard InChI is InChI=1S/C12H19NO2/c1-4-10(14)8-15-12-11(9(2)3)6-5-7-13-12/h5-7,9-10,14H,4,8H2,1-3H3. The van der Waals surface area contributed by atoms with E-state index < -0.39 is 6.10 Å². The maximum atomic E-state index is 9.40. The van der Waals surface area contributed by atoms with Crippen molar-refractivity contribution in [2.75, 3.05) is 6.61 Å². The second kappa shape index (κ2) is 5.71. The summed E-state index contributed by atoms with van der Waals surface area (Å²) < 4.78 is 5.49. The van der Waals surface area contributed by atoms with Gasteiger partial charge in [0, 0.05) is 11.8 Å². The summed E-state index contributed by atoms with van der Waals surface area (Å²) in [5.74, 6) is 1.02. The molecule has 0 spiro atoms. The number of aromatic nitrogens is 1. The van der Waals surface area contributed by atoms with E-state index in [2.05, 4.69) is 18.8 Å². The molecule has 1 atom stereocenters. The first-order chi connectivity index (χ1) is 7.15. The number of rotatable bonds is 5. The van der Waals surface area contributed by atoms with Gasteiger partial charge >= 0.3 is 0 Å². The third-order valence-electron chi connectivity index (χ3n) is 2.31. The molecule has 0 aliphatic carbocycles. The van der Waals surface area contributed by atoms with E-state index in [0.717, 1.165) is 5.56 Å². The zero-order chi connectivity index (χ0) is 11.3. The Hall–Kier alpha value is -1.09. The third kappa shape index (κ3) is 3.51. The van der Waals surface area contributed by atoms with Gasteiger partial charge in [-0.05, 0) is 18.4 Å². The molecule has 0 fully saturated rings. The third-order valence-corrected chi connectivity index (χ3v) is 2.31. The number of pyridine rings is 1. The Morgan fingerprint density at radius 2 is 2.20 bits per heavy atom. The first-order valence-electron chi connectivity index (χ1n) is 5.41. The van der Waals surface area contributed by atoms with E-state index in [9.17, 15) is 5.11 Å². The van der Waals surface area contributed by atoms with Crippen LogP contribution in [0.1, 0.15) is 38.7 Å². The Morgan fingerprint density at radius 3 is 2.80 bits per heavy atom. The minimum Gasteiger partial charge on any atom is -0.475 e. The van der Waals surface area contributed by atoms with Crippen LogP contribution in [0.15, 0.2) is 18.3 Å². The summed E-state index contributed by atoms with van der Waals surface area (Å²) in [5, 5.41) is 9.40. The van der Waals surface area contributed by atoms with E-state index in [1.807, 2.05) is 19.1 Å². The molecule has 0 saturated heterocycles. The average molecular weight is 209 g/mol. The molecule has 3 nitrogen and oxygen atoms in total. The molecule has 1 unspecified atom stereocenters. The van der Waals surface area contributed by atoms with Gasteiger partial charge in [0.05, 0.1) is 6.10 Å². The van der Waals surface area contributed by atoms with Crippen molar-refractivity contribution < 1.29 is 9.84 Å². The van der Waals surface area contributed by atoms with Gasteiger partial charge in [-0.2, -0.15) is 0 Å². The van der Waals surface area contributed by atoms with Crippen LogP contribution in [0.25, 0.3) is 0 Å². The van der Waals surface area contributed by atoms with Crippen LogP contribution in [-0.4, -0.2) is 22.8 Å². The Balaban J connectivity index is 2.67. The molecule has 84 valence electrons. The summed E-state index contributed by atoms with van der Waals surface area (Å²) in [6.45, 7) is 6.43. The number of hydrogen-bond donors (Lipinski definition) is 1. The summed E-state index contributed by atoms with van der Waals surface area (Å²) in [6, 6.07) is 3.91. The number of aliphatic hydroxyl groups is 1. The summed E-state index contributed by atoms with van der Waals surface area (Å²) in [7, 11) is 0. The molecule has 3 heteroatoms. The molecular formula is C12H19NO2. The topological polar surface area (TPSA) is 42.4 Å². The van der Waals surface area contributed by atoms with Crippen LogP contribution in [-0.2, 0) is 0 Å². The highest BCUT2D eigenvalue weighted by Gasteiger charge is 2.09. The SMILES string of the molecule is CCC(O)COc1ncccc1C(C)C. The molecule has 1 rings (SSSR count). The van der Waals surface area contributed by atoms with Crippen LogP contribution in [0.5, 0.6) is 5.88 Å². The molecule has 1 aromatic heterocycles. The highest BCUT2D eigenvalue weighted by atomic mass is 16.5. The molecule has 0 bridgehead atoms. The quantitative estimate of drug-likeness (QED) is 0.809. The molecule has 15 heavy (non-hydrogen) atoms. The van der Waals surface area contributed by atoms with Gasteiger partial charge in [-0.3, -0.25) is 0 Å². The van der Waals surface area contributed by atoms with Crippen molar-refractivity contribution in [3.63, 3.8) is 0 Å². The van der Waals surface area contributed by atoms with Crippen LogP contribution in [0.3, 0.4) is 0 Å². The van der Waals surface area contributed by atoms with E-state index in [0.29, 0.717) is 24.8 Å². The normalized spacial score (nSPS) is 12.9. The lowest BCUT2D eigenvalue weighted by molar-refractivity contribution is 0.101. The zero-order valence-electron chi connectivity index (χ0n) is 9.60. The number of aliphatic hydroxyl groups excluding tert-OH is 1. The van der Waals surface area contributed by atoms with E-state index in [-0.39, 0.29) is 0 Å². The molecule has 0 radical (unpaired) electrons. The fraction of sp³-hybridized carbons (Fsp3) is 0.583. The van der Waals surface area contributed by atoms with Crippen LogP contribution < -0.4 is 4.74 Å². The van der Waals surface area contributed by atoms with Gasteiger partial charge in [0.2, 0.25) is 5.88 Å².